The van der Waals surface area contributed by atoms with Crippen molar-refractivity contribution in [1.82, 2.24) is 5.43 Å². The fourth-order valence-electron chi connectivity index (χ4n) is 0.388. The molecule has 0 amide bonds. The third-order valence-electron chi connectivity index (χ3n) is 1.39. The van der Waals surface area contributed by atoms with Crippen LogP contribution < -0.4 is 11.3 Å². The van der Waals surface area contributed by atoms with Gasteiger partial charge in [0.2, 0.25) is 0 Å². The Bertz CT molecular complexity index is 82.7. The van der Waals surface area contributed by atoms with Crippen LogP contribution in [0.4, 0.5) is 0 Å². The smallest absolute Gasteiger partial charge is 0.0217 e. The molecule has 2 nitrogen and oxygen atoms in total. The van der Waals surface area contributed by atoms with Crippen molar-refractivity contribution in [3.63, 3.8) is 0 Å². The van der Waals surface area contributed by atoms with E-state index in [1.54, 1.807) is 0 Å². The number of hydrogen-bond donors (Lipinski definition) is 2. The highest BCUT2D eigenvalue weighted by molar-refractivity contribution is 5.05. The van der Waals surface area contributed by atoms with Crippen LogP contribution in [0.25, 0.3) is 0 Å². The minimum Gasteiger partial charge on any atom is -0.329 e. The molecule has 3 N–H and O–H groups in total. The van der Waals surface area contributed by atoms with Crippen LogP contribution in [-0.2, 0) is 0 Å². The van der Waals surface area contributed by atoms with Gasteiger partial charge in [0, 0.05) is 5.70 Å². The van der Waals surface area contributed by atoms with Crippen molar-refractivity contribution in [3.05, 3.63) is 11.3 Å². The second kappa shape index (κ2) is 3.50. The van der Waals surface area contributed by atoms with Gasteiger partial charge in [-0.05, 0) is 20.3 Å². The van der Waals surface area contributed by atoms with Crippen LogP contribution in [0.3, 0.4) is 0 Å². The zero-order valence-corrected chi connectivity index (χ0v) is 5.78. The molecule has 0 saturated heterocycles. The maximum absolute atomic E-state index is 5.14. The van der Waals surface area contributed by atoms with Gasteiger partial charge in [-0.1, -0.05) is 12.5 Å². The van der Waals surface area contributed by atoms with E-state index in [4.69, 9.17) is 5.84 Å². The van der Waals surface area contributed by atoms with Gasteiger partial charge < -0.3 is 5.43 Å². The Morgan fingerprint density at radius 2 is 2.00 bits per heavy atom. The minimum atomic E-state index is 1.07. The molecule has 0 aromatic carbocycles. The Labute approximate surface area is 50.7 Å². The molecule has 0 atom stereocenters. The average molecular weight is 114 g/mol. The van der Waals surface area contributed by atoms with E-state index in [0.717, 1.165) is 12.1 Å². The summed E-state index contributed by atoms with van der Waals surface area (Å²) in [4.78, 5) is 0. The van der Waals surface area contributed by atoms with E-state index in [2.05, 4.69) is 19.3 Å². The largest absolute Gasteiger partial charge is 0.329 e. The highest BCUT2D eigenvalue weighted by atomic mass is 15.2. The SMILES string of the molecule is CCC(C)=C(C)NN. The van der Waals surface area contributed by atoms with Gasteiger partial charge in [-0.2, -0.15) is 0 Å². The molecule has 0 spiro atoms. The zero-order chi connectivity index (χ0) is 6.57. The van der Waals surface area contributed by atoms with Gasteiger partial charge in [-0.3, -0.25) is 5.84 Å². The van der Waals surface area contributed by atoms with E-state index in [-0.39, 0.29) is 0 Å². The first-order valence-corrected chi connectivity index (χ1v) is 2.85. The standard InChI is InChI=1S/C6H14N2/c1-4-5(2)6(3)8-7/h8H,4,7H2,1-3H3. The van der Waals surface area contributed by atoms with Crippen molar-refractivity contribution in [2.24, 2.45) is 5.84 Å². The molecule has 0 fully saturated rings. The second-order valence-electron chi connectivity index (χ2n) is 1.90. The summed E-state index contributed by atoms with van der Waals surface area (Å²) in [6.07, 6.45) is 1.07. The highest BCUT2D eigenvalue weighted by Gasteiger charge is 1.87. The summed E-state index contributed by atoms with van der Waals surface area (Å²) in [7, 11) is 0. The average Bonchev–Trinajstić information content (AvgIpc) is 1.84. The molecule has 0 aromatic rings. The van der Waals surface area contributed by atoms with Gasteiger partial charge in [0.1, 0.15) is 0 Å². The monoisotopic (exact) mass is 114 g/mol. The summed E-state index contributed by atoms with van der Waals surface area (Å²) in [5.74, 6) is 5.14. The summed E-state index contributed by atoms with van der Waals surface area (Å²) in [5.41, 5.74) is 4.98. The Balaban J connectivity index is 3.83. The first kappa shape index (κ1) is 7.50. The Morgan fingerprint density at radius 1 is 1.50 bits per heavy atom. The molecular formula is C6H14N2. The summed E-state index contributed by atoms with van der Waals surface area (Å²) >= 11 is 0. The van der Waals surface area contributed by atoms with Crippen molar-refractivity contribution < 1.29 is 0 Å². The molecular weight excluding hydrogens is 100 g/mol. The van der Waals surface area contributed by atoms with E-state index >= 15 is 0 Å². The molecule has 0 aliphatic heterocycles. The molecule has 0 aliphatic carbocycles. The Morgan fingerprint density at radius 3 is 2.12 bits per heavy atom. The van der Waals surface area contributed by atoms with Crippen LogP contribution in [0.2, 0.25) is 0 Å². The maximum atomic E-state index is 5.14. The predicted molar refractivity (Wildman–Crippen MR) is 36.0 cm³/mol. The molecule has 8 heavy (non-hydrogen) atoms. The fourth-order valence-corrected chi connectivity index (χ4v) is 0.388. The summed E-state index contributed by atoms with van der Waals surface area (Å²) in [6, 6.07) is 0. The van der Waals surface area contributed by atoms with Crippen LogP contribution in [0.15, 0.2) is 11.3 Å². The van der Waals surface area contributed by atoms with Crippen molar-refractivity contribution in [3.8, 4) is 0 Å². The van der Waals surface area contributed by atoms with Gasteiger partial charge in [-0.25, -0.2) is 0 Å². The highest BCUT2D eigenvalue weighted by Crippen LogP contribution is 2.01. The van der Waals surface area contributed by atoms with Gasteiger partial charge in [0.15, 0.2) is 0 Å². The maximum Gasteiger partial charge on any atom is 0.0217 e. The number of hydrogen-bond acceptors (Lipinski definition) is 2. The summed E-state index contributed by atoms with van der Waals surface area (Å²) in [5, 5.41) is 0. The molecule has 0 saturated carbocycles. The topological polar surface area (TPSA) is 38.0 Å². The lowest BCUT2D eigenvalue weighted by Crippen LogP contribution is -2.20. The predicted octanol–water partition coefficient (Wildman–Crippen LogP) is 1.15. The first-order valence-electron chi connectivity index (χ1n) is 2.85. The lowest BCUT2D eigenvalue weighted by atomic mass is 10.2. The van der Waals surface area contributed by atoms with Crippen LogP contribution in [-0.4, -0.2) is 0 Å². The van der Waals surface area contributed by atoms with E-state index in [0.29, 0.717) is 0 Å². The molecule has 48 valence electrons. The van der Waals surface area contributed by atoms with Crippen molar-refractivity contribution in [1.29, 1.82) is 0 Å². The number of allylic oxidation sites excluding steroid dienone is 2. The van der Waals surface area contributed by atoms with Crippen molar-refractivity contribution in [2.45, 2.75) is 27.2 Å². The molecule has 0 aliphatic rings. The van der Waals surface area contributed by atoms with E-state index < -0.39 is 0 Å². The molecule has 0 unspecified atom stereocenters. The lowest BCUT2D eigenvalue weighted by molar-refractivity contribution is 0.847. The van der Waals surface area contributed by atoms with Gasteiger partial charge in [0.25, 0.3) is 0 Å². The molecule has 0 rings (SSSR count). The Kier molecular flexibility index (Phi) is 3.28. The van der Waals surface area contributed by atoms with Crippen LogP contribution in [0, 0.1) is 0 Å². The number of hydrazine groups is 1. The van der Waals surface area contributed by atoms with Crippen molar-refractivity contribution in [2.75, 3.05) is 0 Å². The number of nitrogens with two attached hydrogens (primary N) is 1. The third kappa shape index (κ3) is 1.98. The second-order valence-corrected chi connectivity index (χ2v) is 1.90. The lowest BCUT2D eigenvalue weighted by Gasteiger charge is -2.02. The quantitative estimate of drug-likeness (QED) is 0.417. The van der Waals surface area contributed by atoms with E-state index in [1.807, 2.05) is 6.92 Å². The zero-order valence-electron chi connectivity index (χ0n) is 5.78. The van der Waals surface area contributed by atoms with Crippen LogP contribution in [0.1, 0.15) is 27.2 Å². The molecule has 0 radical (unpaired) electrons. The van der Waals surface area contributed by atoms with E-state index in [9.17, 15) is 0 Å². The van der Waals surface area contributed by atoms with E-state index in [1.165, 1.54) is 5.57 Å². The van der Waals surface area contributed by atoms with Gasteiger partial charge in [-0.15, -0.1) is 0 Å². The normalized spacial score (nSPS) is 13.0. The molecule has 0 heterocycles. The van der Waals surface area contributed by atoms with Crippen LogP contribution >= 0.6 is 0 Å². The third-order valence-corrected chi connectivity index (χ3v) is 1.39. The van der Waals surface area contributed by atoms with Gasteiger partial charge in [0.05, 0.1) is 0 Å². The Hall–Kier alpha value is -0.500. The fraction of sp³-hybridized carbons (Fsp3) is 0.667. The van der Waals surface area contributed by atoms with Gasteiger partial charge >= 0.3 is 0 Å². The molecule has 0 aromatic heterocycles. The first-order chi connectivity index (χ1) is 3.72. The number of rotatable bonds is 2. The summed E-state index contributed by atoms with van der Waals surface area (Å²) < 4.78 is 0. The molecule has 0 bridgehead atoms. The van der Waals surface area contributed by atoms with Crippen molar-refractivity contribution >= 4 is 0 Å². The summed E-state index contributed by atoms with van der Waals surface area (Å²) in [6.45, 7) is 6.14. The minimum absolute atomic E-state index is 1.07. The molecule has 2 heteroatoms. The number of nitrogens with one attached hydrogen (secondary N) is 1. The van der Waals surface area contributed by atoms with Crippen LogP contribution in [0.5, 0.6) is 0 Å².